The van der Waals surface area contributed by atoms with Gasteiger partial charge in [0.25, 0.3) is 0 Å². The summed E-state index contributed by atoms with van der Waals surface area (Å²) in [6.07, 6.45) is 0.441. The van der Waals surface area contributed by atoms with Gasteiger partial charge in [0.1, 0.15) is 0 Å². The predicted molar refractivity (Wildman–Crippen MR) is 61.2 cm³/mol. The quantitative estimate of drug-likeness (QED) is 0.554. The van der Waals surface area contributed by atoms with Crippen molar-refractivity contribution in [1.29, 1.82) is 0 Å². The van der Waals surface area contributed by atoms with Gasteiger partial charge in [0.2, 0.25) is 0 Å². The average Bonchev–Trinajstić information content (AvgIpc) is 2.29. The summed E-state index contributed by atoms with van der Waals surface area (Å²) < 4.78 is 4.57. The Kier molecular flexibility index (Phi) is 3.86. The molecule has 1 aromatic rings. The molecule has 0 spiro atoms. The molecule has 0 unspecified atom stereocenters. The zero-order chi connectivity index (χ0) is 11.3. The minimum atomic E-state index is -0.382. The van der Waals surface area contributed by atoms with E-state index in [1.165, 1.54) is 7.11 Å². The molecule has 0 radical (unpaired) electrons. The van der Waals surface area contributed by atoms with Crippen molar-refractivity contribution in [2.45, 2.75) is 6.42 Å². The summed E-state index contributed by atoms with van der Waals surface area (Å²) in [5.41, 5.74) is 2.31. The van der Waals surface area contributed by atoms with Gasteiger partial charge in [-0.2, -0.15) is 0 Å². The highest BCUT2D eigenvalue weighted by molar-refractivity contribution is 5.90. The van der Waals surface area contributed by atoms with Gasteiger partial charge in [-0.25, -0.2) is 4.79 Å². The van der Waals surface area contributed by atoms with E-state index in [4.69, 9.17) is 0 Å². The summed E-state index contributed by atoms with van der Waals surface area (Å²) in [4.78, 5) is 11.1. The van der Waals surface area contributed by atoms with Crippen molar-refractivity contribution in [3.8, 4) is 0 Å². The second-order valence-electron chi connectivity index (χ2n) is 3.24. The van der Waals surface area contributed by atoms with Crippen LogP contribution in [0.15, 0.2) is 49.1 Å². The number of benzene rings is 1. The van der Waals surface area contributed by atoms with Gasteiger partial charge < -0.3 is 4.74 Å². The molecule has 0 saturated heterocycles. The van der Waals surface area contributed by atoms with Crippen molar-refractivity contribution in [2.24, 2.45) is 0 Å². The lowest BCUT2D eigenvalue weighted by Gasteiger charge is -2.06. The highest BCUT2D eigenvalue weighted by atomic mass is 16.5. The number of carbonyl (C=O) groups is 1. The van der Waals surface area contributed by atoms with E-state index < -0.39 is 0 Å². The fraction of sp³-hybridized carbons (Fsp3) is 0.154. The standard InChI is InChI=1S/C13H14O2/c1-10(9-11(2)13(14)15-3)12-7-5-4-6-8-12/h4-8H,1-2,9H2,3H3. The highest BCUT2D eigenvalue weighted by Gasteiger charge is 2.08. The normalized spacial score (nSPS) is 9.40. The lowest BCUT2D eigenvalue weighted by atomic mass is 10.0. The summed E-state index contributed by atoms with van der Waals surface area (Å²) in [6.45, 7) is 7.57. The van der Waals surface area contributed by atoms with Crippen LogP contribution in [0.4, 0.5) is 0 Å². The lowest BCUT2D eigenvalue weighted by molar-refractivity contribution is -0.136. The van der Waals surface area contributed by atoms with Crippen molar-refractivity contribution in [2.75, 3.05) is 7.11 Å². The van der Waals surface area contributed by atoms with Crippen molar-refractivity contribution >= 4 is 11.5 Å². The molecular formula is C13H14O2. The Morgan fingerprint density at radius 3 is 2.40 bits per heavy atom. The first-order chi connectivity index (χ1) is 7.15. The second-order valence-corrected chi connectivity index (χ2v) is 3.24. The molecule has 1 rings (SSSR count). The Hall–Kier alpha value is -1.83. The van der Waals surface area contributed by atoms with E-state index in [2.05, 4.69) is 17.9 Å². The van der Waals surface area contributed by atoms with Crippen LogP contribution in [0.2, 0.25) is 0 Å². The minimum Gasteiger partial charge on any atom is -0.466 e. The van der Waals surface area contributed by atoms with Crippen LogP contribution in [0.5, 0.6) is 0 Å². The third kappa shape index (κ3) is 3.09. The van der Waals surface area contributed by atoms with Crippen molar-refractivity contribution < 1.29 is 9.53 Å². The van der Waals surface area contributed by atoms with E-state index in [1.54, 1.807) is 0 Å². The number of ether oxygens (including phenoxy) is 1. The topological polar surface area (TPSA) is 26.3 Å². The number of carbonyl (C=O) groups excluding carboxylic acids is 1. The molecular weight excluding hydrogens is 188 g/mol. The van der Waals surface area contributed by atoms with Crippen molar-refractivity contribution in [3.63, 3.8) is 0 Å². The van der Waals surface area contributed by atoms with Crippen molar-refractivity contribution in [3.05, 3.63) is 54.6 Å². The molecule has 15 heavy (non-hydrogen) atoms. The first kappa shape index (κ1) is 11.2. The Morgan fingerprint density at radius 2 is 1.87 bits per heavy atom. The van der Waals surface area contributed by atoms with Crippen LogP contribution in [-0.2, 0) is 9.53 Å². The summed E-state index contributed by atoms with van der Waals surface area (Å²) in [5.74, 6) is -0.382. The molecule has 2 nitrogen and oxygen atoms in total. The smallest absolute Gasteiger partial charge is 0.333 e. The molecule has 0 aliphatic heterocycles. The summed E-state index contributed by atoms with van der Waals surface area (Å²) in [7, 11) is 1.35. The molecule has 0 amide bonds. The van der Waals surface area contributed by atoms with Gasteiger partial charge in [-0.1, -0.05) is 43.5 Å². The van der Waals surface area contributed by atoms with E-state index in [9.17, 15) is 4.79 Å². The van der Waals surface area contributed by atoms with Crippen LogP contribution in [-0.4, -0.2) is 13.1 Å². The molecule has 0 aromatic heterocycles. The van der Waals surface area contributed by atoms with E-state index in [-0.39, 0.29) is 5.97 Å². The van der Waals surface area contributed by atoms with E-state index in [1.807, 2.05) is 30.3 Å². The molecule has 0 bridgehead atoms. The molecule has 0 atom stereocenters. The molecule has 0 saturated carbocycles. The van der Waals surface area contributed by atoms with Gasteiger partial charge in [0.05, 0.1) is 7.11 Å². The van der Waals surface area contributed by atoms with Crippen molar-refractivity contribution in [1.82, 2.24) is 0 Å². The maximum atomic E-state index is 11.1. The minimum absolute atomic E-state index is 0.382. The Balaban J connectivity index is 2.65. The Bertz CT molecular complexity index is 377. The number of hydrogen-bond acceptors (Lipinski definition) is 2. The number of rotatable bonds is 4. The van der Waals surface area contributed by atoms with Crippen LogP contribution >= 0.6 is 0 Å². The summed E-state index contributed by atoms with van der Waals surface area (Å²) >= 11 is 0. The summed E-state index contributed by atoms with van der Waals surface area (Å²) in [5, 5.41) is 0. The highest BCUT2D eigenvalue weighted by Crippen LogP contribution is 2.19. The van der Waals surface area contributed by atoms with Crippen LogP contribution in [0.1, 0.15) is 12.0 Å². The first-order valence-electron chi connectivity index (χ1n) is 4.64. The van der Waals surface area contributed by atoms with Crippen LogP contribution in [0, 0.1) is 0 Å². The van der Waals surface area contributed by atoms with Gasteiger partial charge in [-0.05, 0) is 11.1 Å². The van der Waals surface area contributed by atoms with E-state index >= 15 is 0 Å². The van der Waals surface area contributed by atoms with E-state index in [0.29, 0.717) is 12.0 Å². The molecule has 0 aliphatic rings. The van der Waals surface area contributed by atoms with Gasteiger partial charge >= 0.3 is 5.97 Å². The average molecular weight is 202 g/mol. The SMILES string of the molecule is C=C(CC(=C)c1ccccc1)C(=O)OC. The molecule has 0 aliphatic carbocycles. The second kappa shape index (κ2) is 5.15. The number of hydrogen-bond donors (Lipinski definition) is 0. The number of allylic oxidation sites excluding steroid dienone is 1. The predicted octanol–water partition coefficient (Wildman–Crippen LogP) is 2.82. The molecule has 0 N–H and O–H groups in total. The van der Waals surface area contributed by atoms with Gasteiger partial charge in [-0.3, -0.25) is 0 Å². The lowest BCUT2D eigenvalue weighted by Crippen LogP contribution is -2.03. The first-order valence-corrected chi connectivity index (χ1v) is 4.64. The number of esters is 1. The van der Waals surface area contributed by atoms with Crippen LogP contribution in [0.3, 0.4) is 0 Å². The largest absolute Gasteiger partial charge is 0.466 e. The molecule has 1 aromatic carbocycles. The third-order valence-corrected chi connectivity index (χ3v) is 2.08. The Morgan fingerprint density at radius 1 is 1.27 bits per heavy atom. The van der Waals surface area contributed by atoms with E-state index in [0.717, 1.165) is 11.1 Å². The molecule has 2 heteroatoms. The molecule has 78 valence electrons. The molecule has 0 heterocycles. The maximum absolute atomic E-state index is 11.1. The Labute approximate surface area is 89.9 Å². The fourth-order valence-corrected chi connectivity index (χ4v) is 1.25. The third-order valence-electron chi connectivity index (χ3n) is 2.08. The monoisotopic (exact) mass is 202 g/mol. The zero-order valence-corrected chi connectivity index (χ0v) is 8.82. The maximum Gasteiger partial charge on any atom is 0.333 e. The zero-order valence-electron chi connectivity index (χ0n) is 8.82. The number of methoxy groups -OCH3 is 1. The van der Waals surface area contributed by atoms with Gasteiger partial charge in [0, 0.05) is 12.0 Å². The fourth-order valence-electron chi connectivity index (χ4n) is 1.25. The van der Waals surface area contributed by atoms with Crippen LogP contribution in [0.25, 0.3) is 5.57 Å². The molecule has 0 fully saturated rings. The summed E-state index contributed by atoms with van der Waals surface area (Å²) in [6, 6.07) is 9.70. The van der Waals surface area contributed by atoms with Gasteiger partial charge in [-0.15, -0.1) is 0 Å². The van der Waals surface area contributed by atoms with Crippen LogP contribution < -0.4 is 0 Å². The van der Waals surface area contributed by atoms with Gasteiger partial charge in [0.15, 0.2) is 0 Å².